The molecular weight excluding hydrogens is 232 g/mol. The zero-order valence-corrected chi connectivity index (χ0v) is 8.28. The topological polar surface area (TPSA) is 190 Å². The van der Waals surface area contributed by atoms with E-state index < -0.39 is 11.9 Å². The van der Waals surface area contributed by atoms with Crippen LogP contribution < -0.4 is 11.5 Å². The average Bonchev–Trinajstić information content (AvgIpc) is 2.87. The zero-order valence-electron chi connectivity index (χ0n) is 8.28. The molecule has 0 aromatic carbocycles. The van der Waals surface area contributed by atoms with Crippen LogP contribution in [0.2, 0.25) is 0 Å². The van der Waals surface area contributed by atoms with Crippen molar-refractivity contribution >= 4 is 17.7 Å². The van der Waals surface area contributed by atoms with Gasteiger partial charge < -0.3 is 16.6 Å². The number of primary amides is 1. The Morgan fingerprint density at radius 2 is 1.94 bits per heavy atom. The summed E-state index contributed by atoms with van der Waals surface area (Å²) in [6.45, 7) is 0. The third kappa shape index (κ3) is 3.26. The number of hydrogen-bond acceptors (Lipinski definition) is 7. The van der Waals surface area contributed by atoms with Crippen molar-refractivity contribution in [2.75, 3.05) is 5.73 Å². The summed E-state index contributed by atoms with van der Waals surface area (Å²) in [5, 5.41) is 25.8. The first-order valence-corrected chi connectivity index (χ1v) is 4.07. The number of rotatable bonds is 2. The van der Waals surface area contributed by atoms with Crippen LogP contribution in [0.3, 0.4) is 0 Å². The second-order valence-electron chi connectivity index (χ2n) is 2.58. The maximum Gasteiger partial charge on any atom is 0.358 e. The highest BCUT2D eigenvalue weighted by Crippen LogP contribution is 1.98. The number of hydrogen-bond donors (Lipinski definition) is 5. The van der Waals surface area contributed by atoms with Gasteiger partial charge in [0.25, 0.3) is 5.91 Å². The van der Waals surface area contributed by atoms with Crippen molar-refractivity contribution in [2.24, 2.45) is 5.73 Å². The molecule has 0 saturated heterocycles. The number of anilines is 1. The monoisotopic (exact) mass is 240 g/mol. The maximum atomic E-state index is 10.3. The molecule has 7 N–H and O–H groups in total. The van der Waals surface area contributed by atoms with Gasteiger partial charge in [-0.3, -0.25) is 4.79 Å². The van der Waals surface area contributed by atoms with E-state index in [1.807, 2.05) is 0 Å². The standard InChI is InChI=1S/C3H5N5O.C3H3N3O2/c4-2-1(3(5)9)6-8-7-2;7-3(8)2-1-4-6-5-2/h(H2,5,9)(H3,4,6,7,8);1H,(H,7,8)(H,4,5,6). The van der Waals surface area contributed by atoms with Crippen LogP contribution in [0.5, 0.6) is 0 Å². The second kappa shape index (κ2) is 5.20. The Bertz CT molecular complexity index is 503. The Balaban J connectivity index is 0.000000171. The minimum Gasteiger partial charge on any atom is -0.476 e. The van der Waals surface area contributed by atoms with Gasteiger partial charge in [-0.25, -0.2) is 4.79 Å². The number of aromatic carboxylic acids is 1. The van der Waals surface area contributed by atoms with Gasteiger partial charge in [0.1, 0.15) is 0 Å². The lowest BCUT2D eigenvalue weighted by atomic mass is 10.4. The number of nitrogen functional groups attached to an aromatic ring is 1. The first-order chi connectivity index (χ1) is 8.02. The lowest BCUT2D eigenvalue weighted by Crippen LogP contribution is -2.13. The smallest absolute Gasteiger partial charge is 0.358 e. The SMILES string of the molecule is NC(=O)c1n[nH]nc1N.O=C(O)c1cn[nH]n1. The van der Waals surface area contributed by atoms with Crippen LogP contribution in [-0.4, -0.2) is 47.8 Å². The van der Waals surface area contributed by atoms with Gasteiger partial charge in [0.2, 0.25) is 0 Å². The average molecular weight is 240 g/mol. The lowest BCUT2D eigenvalue weighted by Gasteiger charge is -1.83. The van der Waals surface area contributed by atoms with Crippen LogP contribution >= 0.6 is 0 Å². The molecular formula is C6H8N8O3. The van der Waals surface area contributed by atoms with Gasteiger partial charge >= 0.3 is 5.97 Å². The summed E-state index contributed by atoms with van der Waals surface area (Å²) in [6.07, 6.45) is 1.14. The molecule has 0 spiro atoms. The second-order valence-corrected chi connectivity index (χ2v) is 2.58. The Morgan fingerprint density at radius 3 is 2.18 bits per heavy atom. The molecule has 17 heavy (non-hydrogen) atoms. The Kier molecular flexibility index (Phi) is 3.70. The van der Waals surface area contributed by atoms with Crippen LogP contribution in [0.4, 0.5) is 5.82 Å². The molecule has 0 aliphatic carbocycles. The molecule has 11 nitrogen and oxygen atoms in total. The molecule has 0 radical (unpaired) electrons. The van der Waals surface area contributed by atoms with Crippen molar-refractivity contribution in [1.82, 2.24) is 30.8 Å². The number of carbonyl (C=O) groups excluding carboxylic acids is 1. The van der Waals surface area contributed by atoms with Gasteiger partial charge in [0.15, 0.2) is 17.2 Å². The molecule has 0 aliphatic heterocycles. The van der Waals surface area contributed by atoms with Crippen LogP contribution in [0.15, 0.2) is 6.20 Å². The fourth-order valence-corrected chi connectivity index (χ4v) is 0.725. The largest absolute Gasteiger partial charge is 0.476 e. The summed E-state index contributed by atoms with van der Waals surface area (Å²) >= 11 is 0. The maximum absolute atomic E-state index is 10.3. The highest BCUT2D eigenvalue weighted by Gasteiger charge is 2.08. The summed E-state index contributed by atoms with van der Waals surface area (Å²) < 4.78 is 0. The van der Waals surface area contributed by atoms with Gasteiger partial charge in [-0.15, -0.1) is 15.3 Å². The number of aromatic nitrogens is 6. The lowest BCUT2D eigenvalue weighted by molar-refractivity contribution is 0.0690. The normalized spacial score (nSPS) is 9.18. The molecule has 90 valence electrons. The summed E-state index contributed by atoms with van der Waals surface area (Å²) in [5.41, 5.74) is 9.87. The molecule has 2 aromatic heterocycles. The van der Waals surface area contributed by atoms with Gasteiger partial charge in [-0.2, -0.15) is 15.5 Å². The molecule has 1 amide bonds. The number of nitrogens with one attached hydrogen (secondary N) is 2. The van der Waals surface area contributed by atoms with E-state index in [1.54, 1.807) is 0 Å². The van der Waals surface area contributed by atoms with Crippen molar-refractivity contribution in [3.63, 3.8) is 0 Å². The van der Waals surface area contributed by atoms with Gasteiger partial charge in [-0.05, 0) is 0 Å². The quantitative estimate of drug-likeness (QED) is 0.397. The van der Waals surface area contributed by atoms with E-state index in [0.717, 1.165) is 6.20 Å². The molecule has 0 bridgehead atoms. The molecule has 0 unspecified atom stereocenters. The minimum atomic E-state index is -1.07. The first kappa shape index (κ1) is 12.1. The summed E-state index contributed by atoms with van der Waals surface area (Å²) in [4.78, 5) is 20.2. The highest BCUT2D eigenvalue weighted by molar-refractivity contribution is 5.94. The molecule has 0 fully saturated rings. The predicted octanol–water partition coefficient (Wildman–Crippen LogP) is -2.01. The van der Waals surface area contributed by atoms with E-state index in [9.17, 15) is 9.59 Å². The fourth-order valence-electron chi connectivity index (χ4n) is 0.725. The molecule has 2 rings (SSSR count). The van der Waals surface area contributed by atoms with Crippen LogP contribution in [0, 0.1) is 0 Å². The van der Waals surface area contributed by atoms with Crippen LogP contribution in [0.1, 0.15) is 21.0 Å². The van der Waals surface area contributed by atoms with E-state index in [-0.39, 0.29) is 17.2 Å². The van der Waals surface area contributed by atoms with Crippen molar-refractivity contribution in [3.05, 3.63) is 17.6 Å². The minimum absolute atomic E-state index is 0.0185. The first-order valence-electron chi connectivity index (χ1n) is 4.07. The molecule has 11 heteroatoms. The number of aromatic amines is 2. The number of nitrogens with zero attached hydrogens (tertiary/aromatic N) is 4. The summed E-state index contributed by atoms with van der Waals surface area (Å²) in [7, 11) is 0. The summed E-state index contributed by atoms with van der Waals surface area (Å²) in [6, 6.07) is 0. The van der Waals surface area contributed by atoms with Crippen LogP contribution in [-0.2, 0) is 0 Å². The van der Waals surface area contributed by atoms with Crippen molar-refractivity contribution < 1.29 is 14.7 Å². The van der Waals surface area contributed by atoms with E-state index in [2.05, 4.69) is 30.8 Å². The van der Waals surface area contributed by atoms with Gasteiger partial charge in [-0.1, -0.05) is 0 Å². The zero-order chi connectivity index (χ0) is 12.8. The van der Waals surface area contributed by atoms with E-state index in [1.165, 1.54) is 0 Å². The third-order valence-corrected chi connectivity index (χ3v) is 1.44. The third-order valence-electron chi connectivity index (χ3n) is 1.44. The number of H-pyrrole nitrogens is 2. The molecule has 2 aromatic rings. The van der Waals surface area contributed by atoms with Gasteiger partial charge in [0.05, 0.1) is 6.20 Å². The number of amides is 1. The van der Waals surface area contributed by atoms with Gasteiger partial charge in [0, 0.05) is 0 Å². The fraction of sp³-hybridized carbons (Fsp3) is 0. The predicted molar refractivity (Wildman–Crippen MR) is 52.7 cm³/mol. The molecule has 0 aliphatic rings. The van der Waals surface area contributed by atoms with E-state index in [4.69, 9.17) is 16.6 Å². The van der Waals surface area contributed by atoms with E-state index >= 15 is 0 Å². The van der Waals surface area contributed by atoms with Crippen molar-refractivity contribution in [2.45, 2.75) is 0 Å². The van der Waals surface area contributed by atoms with Crippen molar-refractivity contribution in [1.29, 1.82) is 0 Å². The molecule has 0 saturated carbocycles. The number of carboxylic acids is 1. The molecule has 2 heterocycles. The van der Waals surface area contributed by atoms with E-state index in [0.29, 0.717) is 0 Å². The number of carbonyl (C=O) groups is 2. The molecule has 0 atom stereocenters. The van der Waals surface area contributed by atoms with Crippen molar-refractivity contribution in [3.8, 4) is 0 Å². The highest BCUT2D eigenvalue weighted by atomic mass is 16.4. The number of nitrogens with two attached hydrogens (primary N) is 2. The summed E-state index contributed by atoms with van der Waals surface area (Å²) in [5.74, 6) is -1.72. The Hall–Kier alpha value is -2.98. The Morgan fingerprint density at radius 1 is 1.24 bits per heavy atom. The van der Waals surface area contributed by atoms with Crippen LogP contribution in [0.25, 0.3) is 0 Å². The Labute approximate surface area is 93.2 Å². The number of carboxylic acid groups (broad SMARTS) is 1.